The van der Waals surface area contributed by atoms with Crippen molar-refractivity contribution in [1.29, 1.82) is 0 Å². The van der Waals surface area contributed by atoms with Gasteiger partial charge in [0, 0.05) is 6.07 Å². The topological polar surface area (TPSA) is 88.6 Å². The highest BCUT2D eigenvalue weighted by Crippen LogP contribution is 2.34. The molecular formula is C13H15N3O4. The van der Waals surface area contributed by atoms with Gasteiger partial charge in [-0.1, -0.05) is 0 Å². The van der Waals surface area contributed by atoms with Crippen molar-refractivity contribution in [2.45, 2.75) is 0 Å². The molecule has 1 aromatic carbocycles. The molecule has 20 heavy (non-hydrogen) atoms. The summed E-state index contributed by atoms with van der Waals surface area (Å²) < 4.78 is 16.9. The van der Waals surface area contributed by atoms with Crippen molar-refractivity contribution in [1.82, 2.24) is 9.55 Å². The van der Waals surface area contributed by atoms with Gasteiger partial charge in [-0.25, -0.2) is 9.78 Å². The fourth-order valence-corrected chi connectivity index (χ4v) is 1.84. The quantitative estimate of drug-likeness (QED) is 0.846. The van der Waals surface area contributed by atoms with Gasteiger partial charge in [0.2, 0.25) is 0 Å². The molecule has 1 aromatic heterocycles. The summed E-state index contributed by atoms with van der Waals surface area (Å²) in [5.41, 5.74) is 6.51. The number of nitrogens with zero attached hydrogens (tertiary/aromatic N) is 2. The molecular weight excluding hydrogens is 262 g/mol. The summed E-state index contributed by atoms with van der Waals surface area (Å²) >= 11 is 0. The lowest BCUT2D eigenvalue weighted by molar-refractivity contribution is 0.0596. The van der Waals surface area contributed by atoms with Crippen LogP contribution in [0.4, 0.5) is 5.82 Å². The lowest BCUT2D eigenvalue weighted by Gasteiger charge is -2.14. The predicted molar refractivity (Wildman–Crippen MR) is 72.4 cm³/mol. The molecule has 0 amide bonds. The van der Waals surface area contributed by atoms with Gasteiger partial charge in [0.15, 0.2) is 11.5 Å². The maximum Gasteiger partial charge on any atom is 0.341 e. The number of anilines is 1. The molecule has 1 heterocycles. The van der Waals surface area contributed by atoms with Gasteiger partial charge in [-0.05, 0) is 6.07 Å². The van der Waals surface area contributed by atoms with Crippen molar-refractivity contribution < 1.29 is 19.0 Å². The van der Waals surface area contributed by atoms with E-state index in [2.05, 4.69) is 4.98 Å². The molecule has 0 aliphatic rings. The molecule has 0 radical (unpaired) electrons. The first-order valence-electron chi connectivity index (χ1n) is 5.75. The number of hydrogen-bond donors (Lipinski definition) is 1. The average molecular weight is 277 g/mol. The molecule has 0 fully saturated rings. The van der Waals surface area contributed by atoms with E-state index in [1.54, 1.807) is 22.9 Å². The first-order chi connectivity index (χ1) is 9.60. The van der Waals surface area contributed by atoms with Gasteiger partial charge in [0.05, 0.1) is 33.2 Å². The van der Waals surface area contributed by atoms with E-state index in [1.807, 2.05) is 0 Å². The Hall–Kier alpha value is -2.70. The third-order valence-electron chi connectivity index (χ3n) is 2.77. The van der Waals surface area contributed by atoms with Crippen LogP contribution in [0.1, 0.15) is 10.4 Å². The molecule has 0 aliphatic heterocycles. The zero-order valence-electron chi connectivity index (χ0n) is 11.4. The fraction of sp³-hybridized carbons (Fsp3) is 0.231. The van der Waals surface area contributed by atoms with Crippen LogP contribution in [0, 0.1) is 0 Å². The SMILES string of the molecule is COC(=O)c1cc(-n2cnc(N)c2)cc(OC)c1OC. The van der Waals surface area contributed by atoms with Crippen LogP contribution in [0.3, 0.4) is 0 Å². The van der Waals surface area contributed by atoms with Gasteiger partial charge < -0.3 is 24.5 Å². The highest BCUT2D eigenvalue weighted by atomic mass is 16.5. The molecule has 2 N–H and O–H groups in total. The van der Waals surface area contributed by atoms with Crippen molar-refractivity contribution in [2.24, 2.45) is 0 Å². The van der Waals surface area contributed by atoms with Crippen LogP contribution in [-0.4, -0.2) is 36.8 Å². The number of rotatable bonds is 4. The van der Waals surface area contributed by atoms with Gasteiger partial charge in [0.1, 0.15) is 17.7 Å². The number of aromatic nitrogens is 2. The molecule has 2 aromatic rings. The Labute approximate surface area is 115 Å². The number of ether oxygens (including phenoxy) is 3. The Bertz CT molecular complexity index is 637. The Kier molecular flexibility index (Phi) is 3.79. The van der Waals surface area contributed by atoms with Crippen molar-refractivity contribution in [3.8, 4) is 17.2 Å². The zero-order chi connectivity index (χ0) is 14.7. The van der Waals surface area contributed by atoms with Crippen LogP contribution < -0.4 is 15.2 Å². The van der Waals surface area contributed by atoms with Crippen molar-refractivity contribution in [3.05, 3.63) is 30.2 Å². The molecule has 0 aliphatic carbocycles. The van der Waals surface area contributed by atoms with Crippen LogP contribution in [0.5, 0.6) is 11.5 Å². The summed E-state index contributed by atoms with van der Waals surface area (Å²) in [6.45, 7) is 0. The third-order valence-corrected chi connectivity index (χ3v) is 2.77. The van der Waals surface area contributed by atoms with E-state index in [9.17, 15) is 4.79 Å². The van der Waals surface area contributed by atoms with Crippen molar-refractivity contribution >= 4 is 11.8 Å². The Balaban J connectivity index is 2.63. The molecule has 0 bridgehead atoms. The lowest BCUT2D eigenvalue weighted by atomic mass is 10.1. The van der Waals surface area contributed by atoms with Gasteiger partial charge in [-0.2, -0.15) is 0 Å². The van der Waals surface area contributed by atoms with E-state index < -0.39 is 5.97 Å². The Morgan fingerprint density at radius 3 is 2.50 bits per heavy atom. The largest absolute Gasteiger partial charge is 0.493 e. The number of methoxy groups -OCH3 is 3. The zero-order valence-corrected chi connectivity index (χ0v) is 11.4. The molecule has 2 rings (SSSR count). The molecule has 0 unspecified atom stereocenters. The van der Waals surface area contributed by atoms with E-state index in [4.69, 9.17) is 19.9 Å². The van der Waals surface area contributed by atoms with Gasteiger partial charge in [0.25, 0.3) is 0 Å². The summed E-state index contributed by atoms with van der Waals surface area (Å²) in [5, 5.41) is 0. The Morgan fingerprint density at radius 2 is 2.00 bits per heavy atom. The normalized spacial score (nSPS) is 10.2. The summed E-state index contributed by atoms with van der Waals surface area (Å²) in [5.74, 6) is 0.586. The van der Waals surface area contributed by atoms with Crippen LogP contribution in [0.2, 0.25) is 0 Å². The summed E-state index contributed by atoms with van der Waals surface area (Å²) in [7, 11) is 4.25. The summed E-state index contributed by atoms with van der Waals surface area (Å²) in [6, 6.07) is 3.33. The first-order valence-corrected chi connectivity index (χ1v) is 5.75. The monoisotopic (exact) mass is 277 g/mol. The second-order valence-electron chi connectivity index (χ2n) is 3.93. The minimum absolute atomic E-state index is 0.261. The fourth-order valence-electron chi connectivity index (χ4n) is 1.84. The van der Waals surface area contributed by atoms with Crippen LogP contribution in [0.15, 0.2) is 24.7 Å². The molecule has 0 saturated carbocycles. The lowest BCUT2D eigenvalue weighted by Crippen LogP contribution is -2.07. The van der Waals surface area contributed by atoms with Crippen LogP contribution in [-0.2, 0) is 4.74 Å². The molecule has 0 atom stereocenters. The van der Waals surface area contributed by atoms with Gasteiger partial charge in [-0.3, -0.25) is 0 Å². The van der Waals surface area contributed by atoms with Crippen molar-refractivity contribution in [2.75, 3.05) is 27.1 Å². The second-order valence-corrected chi connectivity index (χ2v) is 3.93. The minimum atomic E-state index is -0.518. The van der Waals surface area contributed by atoms with E-state index in [-0.39, 0.29) is 5.56 Å². The Morgan fingerprint density at radius 1 is 1.25 bits per heavy atom. The average Bonchev–Trinajstić information content (AvgIpc) is 2.91. The van der Waals surface area contributed by atoms with E-state index in [0.29, 0.717) is 23.0 Å². The number of imidazole rings is 1. The summed E-state index contributed by atoms with van der Waals surface area (Å²) in [6.07, 6.45) is 3.17. The van der Waals surface area contributed by atoms with Gasteiger partial charge in [-0.15, -0.1) is 0 Å². The van der Waals surface area contributed by atoms with Gasteiger partial charge >= 0.3 is 5.97 Å². The van der Waals surface area contributed by atoms with Crippen molar-refractivity contribution in [3.63, 3.8) is 0 Å². The molecule has 7 nitrogen and oxygen atoms in total. The van der Waals surface area contributed by atoms with Crippen LogP contribution in [0.25, 0.3) is 5.69 Å². The number of hydrogen-bond acceptors (Lipinski definition) is 6. The molecule has 7 heteroatoms. The number of benzene rings is 1. The first kappa shape index (κ1) is 13.7. The second kappa shape index (κ2) is 5.52. The van der Waals surface area contributed by atoms with Crippen LogP contribution >= 0.6 is 0 Å². The maximum atomic E-state index is 11.8. The number of carbonyl (C=O) groups is 1. The third kappa shape index (κ3) is 2.37. The predicted octanol–water partition coefficient (Wildman–Crippen LogP) is 1.26. The summed E-state index contributed by atoms with van der Waals surface area (Å²) in [4.78, 5) is 15.8. The highest BCUT2D eigenvalue weighted by Gasteiger charge is 2.19. The molecule has 0 saturated heterocycles. The smallest absolute Gasteiger partial charge is 0.341 e. The number of nitrogen functional groups attached to an aromatic ring is 1. The maximum absolute atomic E-state index is 11.8. The highest BCUT2D eigenvalue weighted by molar-refractivity contribution is 5.94. The number of nitrogens with two attached hydrogens (primary N) is 1. The number of carbonyl (C=O) groups excluding carboxylic acids is 1. The van der Waals surface area contributed by atoms with E-state index >= 15 is 0 Å². The molecule has 106 valence electrons. The molecule has 0 spiro atoms. The standard InChI is InChI=1S/C13H15N3O4/c1-18-10-5-8(16-6-11(14)15-7-16)4-9(12(10)19-2)13(17)20-3/h4-7H,14H2,1-3H3. The minimum Gasteiger partial charge on any atom is -0.493 e. The van der Waals surface area contributed by atoms with E-state index in [0.717, 1.165) is 0 Å². The van der Waals surface area contributed by atoms with E-state index in [1.165, 1.54) is 27.7 Å². The number of esters is 1.